The molecule has 3 amide bonds. The summed E-state index contributed by atoms with van der Waals surface area (Å²) < 4.78 is 4.27. The molecular weight excluding hydrogens is 320 g/mol. The first-order chi connectivity index (χ1) is 10.6. The normalized spacial score (nSPS) is 13.6. The third kappa shape index (κ3) is 4.23. The Morgan fingerprint density at radius 2 is 2.14 bits per heavy atom. The van der Waals surface area contributed by atoms with Crippen LogP contribution in [0.25, 0.3) is 0 Å². The first kappa shape index (κ1) is 16.8. The lowest BCUT2D eigenvalue weighted by molar-refractivity contribution is 0.0998. The molecular formula is C14H20N4O2S2. The molecule has 0 unspecified atom stereocenters. The van der Waals surface area contributed by atoms with Gasteiger partial charge in [-0.15, -0.1) is 11.8 Å². The number of thioether (sulfide) groups is 1. The number of rotatable bonds is 7. The highest BCUT2D eigenvalue weighted by Crippen LogP contribution is 2.32. The van der Waals surface area contributed by atoms with E-state index in [9.17, 15) is 9.59 Å². The molecule has 0 saturated heterocycles. The van der Waals surface area contributed by atoms with Crippen LogP contribution in [0.3, 0.4) is 0 Å². The highest BCUT2D eigenvalue weighted by atomic mass is 32.2. The monoisotopic (exact) mass is 340 g/mol. The summed E-state index contributed by atoms with van der Waals surface area (Å²) in [6.07, 6.45) is 7.21. The van der Waals surface area contributed by atoms with Crippen LogP contribution >= 0.6 is 23.3 Å². The van der Waals surface area contributed by atoms with Crippen LogP contribution in [0.1, 0.15) is 36.5 Å². The molecule has 2 rings (SSSR count). The number of amides is 3. The zero-order valence-corrected chi connectivity index (χ0v) is 14.1. The Bertz CT molecular complexity index is 563. The molecule has 2 heterocycles. The van der Waals surface area contributed by atoms with Gasteiger partial charge in [0.2, 0.25) is 0 Å². The van der Waals surface area contributed by atoms with Gasteiger partial charge in [0, 0.05) is 13.1 Å². The maximum Gasteiger partial charge on any atom is 0.323 e. The minimum Gasteiger partial charge on any atom is -0.365 e. The van der Waals surface area contributed by atoms with Crippen LogP contribution < -0.4 is 11.1 Å². The SMILES string of the molecule is CCCCCSc1nsc(NC(=O)N2CC=CC2)c1C(N)=O. The molecule has 0 spiro atoms. The van der Waals surface area contributed by atoms with Crippen molar-refractivity contribution < 1.29 is 9.59 Å². The number of carbonyl (C=O) groups is 2. The number of hydrogen-bond acceptors (Lipinski definition) is 5. The van der Waals surface area contributed by atoms with Crippen molar-refractivity contribution in [1.29, 1.82) is 0 Å². The van der Waals surface area contributed by atoms with Crippen molar-refractivity contribution in [3.05, 3.63) is 17.7 Å². The van der Waals surface area contributed by atoms with Gasteiger partial charge in [-0.2, -0.15) is 4.37 Å². The number of hydrogen-bond donors (Lipinski definition) is 2. The first-order valence-corrected chi connectivity index (χ1v) is 9.02. The fraction of sp³-hybridized carbons (Fsp3) is 0.500. The molecule has 1 aromatic heterocycles. The zero-order valence-electron chi connectivity index (χ0n) is 12.5. The number of carbonyl (C=O) groups excluding carboxylic acids is 2. The molecule has 0 aromatic carbocycles. The minimum absolute atomic E-state index is 0.237. The number of nitrogens with one attached hydrogen (secondary N) is 1. The quantitative estimate of drug-likeness (QED) is 0.454. The van der Waals surface area contributed by atoms with Crippen molar-refractivity contribution in [1.82, 2.24) is 9.27 Å². The number of unbranched alkanes of at least 4 members (excludes halogenated alkanes) is 2. The van der Waals surface area contributed by atoms with Crippen molar-refractivity contribution in [3.8, 4) is 0 Å². The molecule has 120 valence electrons. The Kier molecular flexibility index (Phi) is 6.26. The molecule has 0 aliphatic carbocycles. The van der Waals surface area contributed by atoms with Crippen molar-refractivity contribution in [2.45, 2.75) is 31.2 Å². The minimum atomic E-state index is -0.554. The smallest absolute Gasteiger partial charge is 0.323 e. The van der Waals surface area contributed by atoms with Crippen LogP contribution in [0.2, 0.25) is 0 Å². The number of aromatic nitrogens is 1. The molecule has 0 fully saturated rings. The summed E-state index contributed by atoms with van der Waals surface area (Å²) in [5, 5.41) is 3.79. The van der Waals surface area contributed by atoms with Gasteiger partial charge in [-0.05, 0) is 23.7 Å². The third-order valence-electron chi connectivity index (χ3n) is 3.22. The van der Waals surface area contributed by atoms with Crippen molar-refractivity contribution >= 4 is 40.2 Å². The Hall–Kier alpha value is -1.54. The van der Waals surface area contributed by atoms with Gasteiger partial charge < -0.3 is 10.6 Å². The lowest BCUT2D eigenvalue weighted by atomic mass is 10.3. The molecule has 1 aliphatic rings. The third-order valence-corrected chi connectivity index (χ3v) is 5.16. The van der Waals surface area contributed by atoms with E-state index in [1.165, 1.54) is 11.8 Å². The van der Waals surface area contributed by atoms with E-state index in [2.05, 4.69) is 16.6 Å². The van der Waals surface area contributed by atoms with Gasteiger partial charge in [0.25, 0.3) is 5.91 Å². The molecule has 22 heavy (non-hydrogen) atoms. The fourth-order valence-electron chi connectivity index (χ4n) is 2.02. The summed E-state index contributed by atoms with van der Waals surface area (Å²) in [4.78, 5) is 25.4. The highest BCUT2D eigenvalue weighted by molar-refractivity contribution is 7.99. The molecule has 0 bridgehead atoms. The number of primary amides is 1. The predicted octanol–water partition coefficient (Wildman–Crippen LogP) is 2.93. The maximum absolute atomic E-state index is 12.1. The van der Waals surface area contributed by atoms with Crippen LogP contribution in [0, 0.1) is 0 Å². The number of nitrogens with two attached hydrogens (primary N) is 1. The highest BCUT2D eigenvalue weighted by Gasteiger charge is 2.22. The van der Waals surface area contributed by atoms with E-state index < -0.39 is 5.91 Å². The van der Waals surface area contributed by atoms with Crippen LogP contribution in [0.15, 0.2) is 17.2 Å². The lowest BCUT2D eigenvalue weighted by Crippen LogP contribution is -2.33. The van der Waals surface area contributed by atoms with Crippen molar-refractivity contribution in [2.75, 3.05) is 24.2 Å². The van der Waals surface area contributed by atoms with Crippen LogP contribution in [0.5, 0.6) is 0 Å². The molecule has 8 heteroatoms. The first-order valence-electron chi connectivity index (χ1n) is 7.26. The van der Waals surface area contributed by atoms with Gasteiger partial charge in [-0.3, -0.25) is 10.1 Å². The van der Waals surface area contributed by atoms with Crippen molar-refractivity contribution in [3.63, 3.8) is 0 Å². The Morgan fingerprint density at radius 3 is 2.77 bits per heavy atom. The average Bonchev–Trinajstić information content (AvgIpc) is 3.13. The summed E-state index contributed by atoms with van der Waals surface area (Å²) in [6, 6.07) is -0.237. The topological polar surface area (TPSA) is 88.3 Å². The van der Waals surface area contributed by atoms with Crippen molar-refractivity contribution in [2.24, 2.45) is 5.73 Å². The largest absolute Gasteiger partial charge is 0.365 e. The van der Waals surface area contributed by atoms with E-state index >= 15 is 0 Å². The number of nitrogens with zero attached hydrogens (tertiary/aromatic N) is 2. The average molecular weight is 340 g/mol. The standard InChI is InChI=1S/C14H20N4O2S2/c1-2-3-6-9-21-13-10(11(15)19)12(22-17-13)16-14(20)18-7-4-5-8-18/h4-5H,2-3,6-9H2,1H3,(H2,15,19)(H,16,20). The summed E-state index contributed by atoms with van der Waals surface area (Å²) >= 11 is 2.62. The summed E-state index contributed by atoms with van der Waals surface area (Å²) in [5.74, 6) is 0.336. The van der Waals surface area contributed by atoms with Gasteiger partial charge in [0.1, 0.15) is 15.6 Å². The van der Waals surface area contributed by atoms with E-state index in [1.807, 2.05) is 12.2 Å². The van der Waals surface area contributed by atoms with Crippen LogP contribution in [-0.4, -0.2) is 40.1 Å². The second-order valence-corrected chi connectivity index (χ2v) is 6.78. The van der Waals surface area contributed by atoms with Crippen LogP contribution in [0.4, 0.5) is 9.80 Å². The maximum atomic E-state index is 12.1. The second kappa shape index (κ2) is 8.19. The molecule has 1 aliphatic heterocycles. The molecule has 1 aromatic rings. The van der Waals surface area contributed by atoms with Gasteiger partial charge in [-0.1, -0.05) is 31.9 Å². The van der Waals surface area contributed by atoms with E-state index in [0.29, 0.717) is 28.7 Å². The van der Waals surface area contributed by atoms with E-state index in [4.69, 9.17) is 5.73 Å². The number of anilines is 1. The van der Waals surface area contributed by atoms with E-state index in [1.54, 1.807) is 4.90 Å². The van der Waals surface area contributed by atoms with Gasteiger partial charge in [0.15, 0.2) is 0 Å². The zero-order chi connectivity index (χ0) is 15.9. The van der Waals surface area contributed by atoms with Gasteiger partial charge in [0.05, 0.1) is 0 Å². The Morgan fingerprint density at radius 1 is 1.41 bits per heavy atom. The summed E-state index contributed by atoms with van der Waals surface area (Å²) in [5.41, 5.74) is 5.78. The molecule has 3 N–H and O–H groups in total. The van der Waals surface area contributed by atoms with E-state index in [-0.39, 0.29) is 6.03 Å². The molecule has 0 radical (unpaired) electrons. The Labute approximate surface area is 138 Å². The van der Waals surface area contributed by atoms with Crippen LogP contribution in [-0.2, 0) is 0 Å². The van der Waals surface area contributed by atoms with E-state index in [0.717, 1.165) is 36.5 Å². The fourth-order valence-corrected chi connectivity index (χ4v) is 3.98. The second-order valence-electron chi connectivity index (χ2n) is 4.92. The molecule has 0 saturated carbocycles. The predicted molar refractivity (Wildman–Crippen MR) is 90.6 cm³/mol. The Balaban J connectivity index is 2.02. The number of urea groups is 1. The lowest BCUT2D eigenvalue weighted by Gasteiger charge is -2.15. The molecule has 0 atom stereocenters. The summed E-state index contributed by atoms with van der Waals surface area (Å²) in [7, 11) is 0. The summed E-state index contributed by atoms with van der Waals surface area (Å²) in [6.45, 7) is 3.30. The van der Waals surface area contributed by atoms with Gasteiger partial charge in [-0.25, -0.2) is 4.79 Å². The molecule has 6 nitrogen and oxygen atoms in total. The van der Waals surface area contributed by atoms with Gasteiger partial charge >= 0.3 is 6.03 Å².